The molecule has 2 heteroatoms. The van der Waals surface area contributed by atoms with E-state index in [0.717, 1.165) is 19.4 Å². The minimum Gasteiger partial charge on any atom is -0.355 e. The maximum atomic E-state index is 11.6. The second-order valence-corrected chi connectivity index (χ2v) is 5.34. The standard InChI is InChI=1S/C10H17NO/c1-9(2)6-10(3)4-7(9)5-11-8(10)12/h7H,4-6H2,1-3H3,(H,11,12). The van der Waals surface area contributed by atoms with Crippen molar-refractivity contribution < 1.29 is 4.79 Å². The van der Waals surface area contributed by atoms with E-state index in [1.165, 1.54) is 0 Å². The maximum absolute atomic E-state index is 11.6. The zero-order valence-electron chi connectivity index (χ0n) is 8.11. The molecule has 2 rings (SSSR count). The summed E-state index contributed by atoms with van der Waals surface area (Å²) in [5.41, 5.74) is 0.292. The van der Waals surface area contributed by atoms with Gasteiger partial charge in [0.25, 0.3) is 0 Å². The largest absolute Gasteiger partial charge is 0.355 e. The number of piperidine rings is 1. The van der Waals surface area contributed by atoms with Crippen molar-refractivity contribution in [2.75, 3.05) is 6.54 Å². The Kier molecular flexibility index (Phi) is 1.37. The van der Waals surface area contributed by atoms with Crippen LogP contribution in [0.25, 0.3) is 0 Å². The summed E-state index contributed by atoms with van der Waals surface area (Å²) in [7, 11) is 0. The predicted molar refractivity (Wildman–Crippen MR) is 47.6 cm³/mol. The first-order valence-electron chi connectivity index (χ1n) is 4.72. The number of carbonyl (C=O) groups is 1. The first-order chi connectivity index (χ1) is 5.44. The van der Waals surface area contributed by atoms with Crippen molar-refractivity contribution >= 4 is 5.91 Å². The number of hydrogen-bond donors (Lipinski definition) is 1. The van der Waals surface area contributed by atoms with Crippen molar-refractivity contribution in [3.05, 3.63) is 0 Å². The second kappa shape index (κ2) is 2.04. The molecule has 1 heterocycles. The Balaban J connectivity index is 2.33. The lowest BCUT2D eigenvalue weighted by atomic mass is 9.82. The van der Waals surface area contributed by atoms with Crippen molar-refractivity contribution in [3.63, 3.8) is 0 Å². The van der Waals surface area contributed by atoms with Gasteiger partial charge in [-0.2, -0.15) is 0 Å². The molecule has 2 unspecified atom stereocenters. The Morgan fingerprint density at radius 3 is 2.67 bits per heavy atom. The Morgan fingerprint density at radius 1 is 1.42 bits per heavy atom. The third-order valence-corrected chi connectivity index (χ3v) is 3.71. The third-order valence-electron chi connectivity index (χ3n) is 3.71. The fourth-order valence-electron chi connectivity index (χ4n) is 2.99. The topological polar surface area (TPSA) is 29.1 Å². The van der Waals surface area contributed by atoms with Crippen LogP contribution in [-0.4, -0.2) is 12.5 Å². The van der Waals surface area contributed by atoms with Gasteiger partial charge in [0.2, 0.25) is 5.91 Å². The van der Waals surface area contributed by atoms with Gasteiger partial charge in [-0.05, 0) is 24.2 Å². The number of rotatable bonds is 0. The molecule has 0 aromatic carbocycles. The van der Waals surface area contributed by atoms with E-state index in [1.54, 1.807) is 0 Å². The Labute approximate surface area is 73.7 Å². The van der Waals surface area contributed by atoms with Gasteiger partial charge in [0.1, 0.15) is 0 Å². The summed E-state index contributed by atoms with van der Waals surface area (Å²) in [6, 6.07) is 0. The normalized spacial score (nSPS) is 44.2. The molecule has 68 valence electrons. The highest BCUT2D eigenvalue weighted by Crippen LogP contribution is 2.54. The molecule has 0 radical (unpaired) electrons. The molecule has 1 N–H and O–H groups in total. The molecule has 1 saturated heterocycles. The summed E-state index contributed by atoms with van der Waals surface area (Å²) >= 11 is 0. The van der Waals surface area contributed by atoms with Crippen LogP contribution in [0.5, 0.6) is 0 Å². The Hall–Kier alpha value is -0.530. The fraction of sp³-hybridized carbons (Fsp3) is 0.900. The van der Waals surface area contributed by atoms with Crippen LogP contribution in [0.2, 0.25) is 0 Å². The van der Waals surface area contributed by atoms with Crippen LogP contribution < -0.4 is 5.32 Å². The lowest BCUT2D eigenvalue weighted by Crippen LogP contribution is -2.43. The van der Waals surface area contributed by atoms with Gasteiger partial charge in [0, 0.05) is 12.0 Å². The van der Waals surface area contributed by atoms with Crippen LogP contribution in [0.4, 0.5) is 0 Å². The van der Waals surface area contributed by atoms with Crippen LogP contribution in [0, 0.1) is 16.7 Å². The van der Waals surface area contributed by atoms with Gasteiger partial charge in [-0.15, -0.1) is 0 Å². The van der Waals surface area contributed by atoms with Crippen molar-refractivity contribution in [2.45, 2.75) is 33.6 Å². The van der Waals surface area contributed by atoms with Crippen LogP contribution in [-0.2, 0) is 4.79 Å². The van der Waals surface area contributed by atoms with E-state index in [0.29, 0.717) is 11.3 Å². The van der Waals surface area contributed by atoms with E-state index in [-0.39, 0.29) is 11.3 Å². The molecular weight excluding hydrogens is 150 g/mol. The summed E-state index contributed by atoms with van der Waals surface area (Å²) in [4.78, 5) is 11.6. The molecule has 1 saturated carbocycles. The Morgan fingerprint density at radius 2 is 2.08 bits per heavy atom. The monoisotopic (exact) mass is 167 g/mol. The zero-order chi connectivity index (χ0) is 8.98. The number of amides is 1. The molecule has 1 aliphatic heterocycles. The van der Waals surface area contributed by atoms with Crippen LogP contribution in [0.1, 0.15) is 33.6 Å². The quantitative estimate of drug-likeness (QED) is 0.583. The number of carbonyl (C=O) groups excluding carboxylic acids is 1. The Bertz CT molecular complexity index is 234. The van der Waals surface area contributed by atoms with Crippen molar-refractivity contribution in [2.24, 2.45) is 16.7 Å². The van der Waals surface area contributed by atoms with Gasteiger partial charge < -0.3 is 5.32 Å². The van der Waals surface area contributed by atoms with Crippen LogP contribution in [0.15, 0.2) is 0 Å². The van der Waals surface area contributed by atoms with Gasteiger partial charge in [-0.3, -0.25) is 4.79 Å². The smallest absolute Gasteiger partial charge is 0.225 e. The average molecular weight is 167 g/mol. The third kappa shape index (κ3) is 0.900. The maximum Gasteiger partial charge on any atom is 0.225 e. The lowest BCUT2D eigenvalue weighted by molar-refractivity contribution is -0.131. The molecular formula is C10H17NO. The van der Waals surface area contributed by atoms with Gasteiger partial charge in [0.05, 0.1) is 0 Å². The van der Waals surface area contributed by atoms with Crippen molar-refractivity contribution in [1.82, 2.24) is 5.32 Å². The van der Waals surface area contributed by atoms with Crippen LogP contribution in [0.3, 0.4) is 0 Å². The molecule has 0 spiro atoms. The van der Waals surface area contributed by atoms with Gasteiger partial charge in [-0.1, -0.05) is 20.8 Å². The van der Waals surface area contributed by atoms with Crippen LogP contribution >= 0.6 is 0 Å². The summed E-state index contributed by atoms with van der Waals surface area (Å²) in [6.45, 7) is 7.55. The highest BCUT2D eigenvalue weighted by atomic mass is 16.2. The molecule has 2 atom stereocenters. The van der Waals surface area contributed by atoms with Gasteiger partial charge in [0.15, 0.2) is 0 Å². The molecule has 12 heavy (non-hydrogen) atoms. The number of fused-ring (bicyclic) bond motifs is 2. The van der Waals surface area contributed by atoms with E-state index in [4.69, 9.17) is 0 Å². The predicted octanol–water partition coefficient (Wildman–Crippen LogP) is 1.56. The van der Waals surface area contributed by atoms with Gasteiger partial charge in [-0.25, -0.2) is 0 Å². The van der Waals surface area contributed by atoms with E-state index < -0.39 is 0 Å². The van der Waals surface area contributed by atoms with E-state index in [2.05, 4.69) is 26.1 Å². The van der Waals surface area contributed by atoms with Gasteiger partial charge >= 0.3 is 0 Å². The lowest BCUT2D eigenvalue weighted by Gasteiger charge is -2.29. The molecule has 2 bridgehead atoms. The molecule has 2 fully saturated rings. The highest BCUT2D eigenvalue weighted by Gasteiger charge is 2.53. The minimum absolute atomic E-state index is 0.0631. The molecule has 1 amide bonds. The van der Waals surface area contributed by atoms with E-state index in [1.807, 2.05) is 0 Å². The summed E-state index contributed by atoms with van der Waals surface area (Å²) < 4.78 is 0. The van der Waals surface area contributed by atoms with E-state index in [9.17, 15) is 4.79 Å². The first-order valence-corrected chi connectivity index (χ1v) is 4.72. The first kappa shape index (κ1) is 8.09. The number of nitrogens with one attached hydrogen (secondary N) is 1. The van der Waals surface area contributed by atoms with E-state index >= 15 is 0 Å². The average Bonchev–Trinajstić information content (AvgIpc) is 2.12. The molecule has 0 aromatic rings. The summed E-state index contributed by atoms with van der Waals surface area (Å²) in [5, 5.41) is 3.00. The summed E-state index contributed by atoms with van der Waals surface area (Å²) in [6.07, 6.45) is 2.14. The number of hydrogen-bond acceptors (Lipinski definition) is 1. The fourth-order valence-corrected chi connectivity index (χ4v) is 2.99. The molecule has 2 nitrogen and oxygen atoms in total. The molecule has 0 aromatic heterocycles. The van der Waals surface area contributed by atoms with Crippen molar-refractivity contribution in [3.8, 4) is 0 Å². The zero-order valence-corrected chi connectivity index (χ0v) is 8.11. The van der Waals surface area contributed by atoms with Crippen molar-refractivity contribution in [1.29, 1.82) is 0 Å². The highest BCUT2D eigenvalue weighted by molar-refractivity contribution is 5.83. The SMILES string of the molecule is CC12CC(CNC1=O)C(C)(C)C2. The minimum atomic E-state index is -0.0631. The molecule has 2 aliphatic rings. The molecule has 1 aliphatic carbocycles. The summed E-state index contributed by atoms with van der Waals surface area (Å²) in [5.74, 6) is 0.963. The second-order valence-electron chi connectivity index (χ2n) is 5.34.